The van der Waals surface area contributed by atoms with Gasteiger partial charge in [0.2, 0.25) is 5.55 Å². The van der Waals surface area contributed by atoms with Gasteiger partial charge in [-0.2, -0.15) is 0 Å². The largest absolute Gasteiger partial charge is 0.490 e. The number of carbonyl (C=O) groups excluding carboxylic acids is 2. The number of nitrogens with one attached hydrogen (secondary N) is 1. The van der Waals surface area contributed by atoms with Crippen LogP contribution in [0.2, 0.25) is 0 Å². The van der Waals surface area contributed by atoms with Crippen LogP contribution in [0.1, 0.15) is 27.6 Å². The number of nitro benzene ring substituents is 1. The lowest BCUT2D eigenvalue weighted by molar-refractivity contribution is -0.384. The van der Waals surface area contributed by atoms with Crippen molar-refractivity contribution in [3.63, 3.8) is 0 Å². The molecule has 29 heavy (non-hydrogen) atoms. The summed E-state index contributed by atoms with van der Waals surface area (Å²) in [5.41, 5.74) is 7.42. The van der Waals surface area contributed by atoms with E-state index in [4.69, 9.17) is 14.9 Å². The molecular weight excluding hydrogens is 380 g/mol. The van der Waals surface area contributed by atoms with Crippen LogP contribution in [0.5, 0.6) is 5.75 Å². The van der Waals surface area contributed by atoms with Gasteiger partial charge < -0.3 is 14.9 Å². The van der Waals surface area contributed by atoms with Crippen LogP contribution in [-0.2, 0) is 0 Å². The lowest BCUT2D eigenvalue weighted by Crippen LogP contribution is -2.27. The Hall–Kier alpha value is -4.21. The summed E-state index contributed by atoms with van der Waals surface area (Å²) in [7, 11) is 0. The molecule has 0 spiro atoms. The molecule has 0 unspecified atom stereocenters. The molecule has 0 fully saturated rings. The predicted octanol–water partition coefficient (Wildman–Crippen LogP) is 2.08. The fourth-order valence-electron chi connectivity index (χ4n) is 2.58. The lowest BCUT2D eigenvalue weighted by atomic mass is 10.1. The van der Waals surface area contributed by atoms with E-state index in [0.29, 0.717) is 23.3 Å². The number of nitro groups is 1. The van der Waals surface area contributed by atoms with E-state index in [1.807, 2.05) is 0 Å². The Bertz CT molecular complexity index is 1180. The number of nitrogens with two attached hydrogens (primary N) is 1. The first-order valence-electron chi connectivity index (χ1n) is 8.48. The number of carbonyl (C=O) groups is 2. The minimum Gasteiger partial charge on any atom is -0.490 e. The van der Waals surface area contributed by atoms with Gasteiger partial charge in [-0.3, -0.25) is 19.7 Å². The summed E-state index contributed by atoms with van der Waals surface area (Å²) in [5.74, 6) is -1.10. The summed E-state index contributed by atoms with van der Waals surface area (Å²) in [6.07, 6.45) is 0. The number of non-ortho nitro benzene ring substituents is 1. The van der Waals surface area contributed by atoms with Crippen LogP contribution >= 0.6 is 0 Å². The zero-order valence-electron chi connectivity index (χ0n) is 15.2. The average Bonchev–Trinajstić information content (AvgIpc) is 2.71. The Labute approximate surface area is 163 Å². The van der Waals surface area contributed by atoms with Gasteiger partial charge in [-0.05, 0) is 25.1 Å². The quantitative estimate of drug-likeness (QED) is 0.481. The summed E-state index contributed by atoms with van der Waals surface area (Å²) in [6, 6.07) is 11.7. The van der Waals surface area contributed by atoms with E-state index in [0.717, 1.165) is 6.07 Å². The topological polar surface area (TPSA) is 150 Å². The number of primary amides is 1. The van der Waals surface area contributed by atoms with Crippen molar-refractivity contribution < 1.29 is 23.7 Å². The van der Waals surface area contributed by atoms with Crippen LogP contribution in [0.3, 0.4) is 0 Å². The van der Waals surface area contributed by atoms with Crippen molar-refractivity contribution in [1.29, 1.82) is 0 Å². The van der Waals surface area contributed by atoms with E-state index >= 15 is 0 Å². The second kappa shape index (κ2) is 8.21. The van der Waals surface area contributed by atoms with Gasteiger partial charge in [0.1, 0.15) is 5.56 Å². The molecule has 2 aromatic carbocycles. The highest BCUT2D eigenvalue weighted by molar-refractivity contribution is 5.96. The summed E-state index contributed by atoms with van der Waals surface area (Å²) in [6.45, 7) is 2.20. The summed E-state index contributed by atoms with van der Waals surface area (Å²) in [5, 5.41) is 15.3. The maximum atomic E-state index is 12.3. The molecule has 0 saturated heterocycles. The molecule has 0 aliphatic heterocycles. The van der Waals surface area contributed by atoms with Crippen LogP contribution in [0, 0.1) is 10.1 Å². The second-order valence-corrected chi connectivity index (χ2v) is 5.80. The molecule has 3 aromatic rings. The predicted molar refractivity (Wildman–Crippen MR) is 102 cm³/mol. The maximum Gasteiger partial charge on any atom is 0.271 e. The van der Waals surface area contributed by atoms with Gasteiger partial charge in [-0.1, -0.05) is 18.2 Å². The molecule has 3 N–H and O–H groups in total. The Morgan fingerprint density at radius 2 is 2.00 bits per heavy atom. The molecule has 0 aliphatic rings. The van der Waals surface area contributed by atoms with E-state index in [9.17, 15) is 19.7 Å². The molecular formula is C19H16N4O6. The normalized spacial score (nSPS) is 11.3. The van der Waals surface area contributed by atoms with E-state index in [2.05, 4.69) is 10.5 Å². The Kier molecular flexibility index (Phi) is 5.54. The lowest BCUT2D eigenvalue weighted by Gasteiger charge is -2.07. The number of hydrogen-bond donors (Lipinski definition) is 2. The number of ether oxygens (including phenoxy) is 1. The van der Waals surface area contributed by atoms with Crippen molar-refractivity contribution in [2.45, 2.75) is 6.92 Å². The van der Waals surface area contributed by atoms with Gasteiger partial charge in [0.15, 0.2) is 11.3 Å². The number of amides is 2. The number of nitrogens with zero attached hydrogens (tertiary/aromatic N) is 2. The number of rotatable bonds is 6. The highest BCUT2D eigenvalue weighted by Crippen LogP contribution is 2.24. The van der Waals surface area contributed by atoms with Gasteiger partial charge >= 0.3 is 0 Å². The molecule has 10 nitrogen and oxygen atoms in total. The highest BCUT2D eigenvalue weighted by Gasteiger charge is 2.14. The molecule has 148 valence electrons. The molecule has 0 bridgehead atoms. The average molecular weight is 396 g/mol. The third-order valence-electron chi connectivity index (χ3n) is 3.88. The van der Waals surface area contributed by atoms with Crippen LogP contribution in [0.15, 0.2) is 58.0 Å². The first kappa shape index (κ1) is 19.5. The van der Waals surface area contributed by atoms with Crippen LogP contribution in [-0.4, -0.2) is 23.3 Å². The summed E-state index contributed by atoms with van der Waals surface area (Å²) >= 11 is 0. The van der Waals surface area contributed by atoms with Crippen molar-refractivity contribution in [3.8, 4) is 5.75 Å². The SMILES string of the molecule is CCOc1cccc2cc(C(N)=O)c(=NNC(=O)c3cccc([N+](=O)[O-])c3)oc12. The standard InChI is InChI=1S/C19H16N4O6/c1-2-28-15-8-4-5-11-10-14(17(20)24)19(29-16(11)15)22-21-18(25)12-6-3-7-13(9-12)23(26)27/h3-10H,2H2,1H3,(H2,20,24)(H,21,25). The first-order valence-corrected chi connectivity index (χ1v) is 8.48. The number of para-hydroxylation sites is 1. The van der Waals surface area contributed by atoms with E-state index in [-0.39, 0.29) is 22.4 Å². The molecule has 0 radical (unpaired) electrons. The molecule has 0 atom stereocenters. The van der Waals surface area contributed by atoms with Crippen molar-refractivity contribution in [2.24, 2.45) is 10.8 Å². The molecule has 1 heterocycles. The molecule has 10 heteroatoms. The monoisotopic (exact) mass is 396 g/mol. The molecule has 3 rings (SSSR count). The third-order valence-corrected chi connectivity index (χ3v) is 3.88. The fraction of sp³-hybridized carbons (Fsp3) is 0.105. The second-order valence-electron chi connectivity index (χ2n) is 5.80. The smallest absolute Gasteiger partial charge is 0.271 e. The zero-order valence-corrected chi connectivity index (χ0v) is 15.2. The Morgan fingerprint density at radius 1 is 1.24 bits per heavy atom. The van der Waals surface area contributed by atoms with Crippen molar-refractivity contribution in [1.82, 2.24) is 5.43 Å². The van der Waals surface area contributed by atoms with Crippen LogP contribution in [0.25, 0.3) is 11.0 Å². The Balaban J connectivity index is 2.04. The van der Waals surface area contributed by atoms with E-state index in [1.165, 1.54) is 24.3 Å². The number of hydrogen-bond acceptors (Lipinski definition) is 7. The van der Waals surface area contributed by atoms with E-state index in [1.54, 1.807) is 25.1 Å². The van der Waals surface area contributed by atoms with Gasteiger partial charge in [-0.15, -0.1) is 5.10 Å². The van der Waals surface area contributed by atoms with Gasteiger partial charge in [-0.25, -0.2) is 5.43 Å². The molecule has 0 aliphatic carbocycles. The molecule has 2 amide bonds. The van der Waals surface area contributed by atoms with Gasteiger partial charge in [0.05, 0.1) is 11.5 Å². The summed E-state index contributed by atoms with van der Waals surface area (Å²) in [4.78, 5) is 34.3. The van der Waals surface area contributed by atoms with Crippen LogP contribution < -0.4 is 21.5 Å². The van der Waals surface area contributed by atoms with Crippen molar-refractivity contribution >= 4 is 28.5 Å². The van der Waals surface area contributed by atoms with Gasteiger partial charge in [0, 0.05) is 23.1 Å². The Morgan fingerprint density at radius 3 is 2.69 bits per heavy atom. The maximum absolute atomic E-state index is 12.3. The summed E-state index contributed by atoms with van der Waals surface area (Å²) < 4.78 is 11.2. The highest BCUT2D eigenvalue weighted by atomic mass is 16.6. The minimum atomic E-state index is -0.805. The van der Waals surface area contributed by atoms with Crippen molar-refractivity contribution in [3.05, 3.63) is 75.3 Å². The fourth-order valence-corrected chi connectivity index (χ4v) is 2.58. The number of fused-ring (bicyclic) bond motifs is 1. The van der Waals surface area contributed by atoms with Crippen molar-refractivity contribution in [2.75, 3.05) is 6.61 Å². The first-order chi connectivity index (χ1) is 13.9. The zero-order chi connectivity index (χ0) is 21.0. The minimum absolute atomic E-state index is 0.0133. The van der Waals surface area contributed by atoms with Crippen LogP contribution in [0.4, 0.5) is 5.69 Å². The van der Waals surface area contributed by atoms with Gasteiger partial charge in [0.25, 0.3) is 17.5 Å². The van der Waals surface area contributed by atoms with E-state index < -0.39 is 16.7 Å². The third kappa shape index (κ3) is 4.21. The number of benzene rings is 2. The molecule has 1 aromatic heterocycles. The molecule has 0 saturated carbocycles.